The third-order valence-electron chi connectivity index (χ3n) is 6.99. The number of ketones is 1. The van der Waals surface area contributed by atoms with E-state index in [0.29, 0.717) is 11.3 Å². The second-order valence-electron chi connectivity index (χ2n) is 10.1. The predicted molar refractivity (Wildman–Crippen MR) is 165 cm³/mol. The van der Waals surface area contributed by atoms with Gasteiger partial charge in [0, 0.05) is 31.5 Å². The average molecular weight is 624 g/mol. The molecule has 1 saturated heterocycles. The summed E-state index contributed by atoms with van der Waals surface area (Å²) in [6, 6.07) is 21.3. The van der Waals surface area contributed by atoms with Gasteiger partial charge in [-0.25, -0.2) is 13.2 Å². The highest BCUT2D eigenvalue weighted by Gasteiger charge is 2.45. The fourth-order valence-electron chi connectivity index (χ4n) is 4.86. The Labute approximate surface area is 255 Å². The summed E-state index contributed by atoms with van der Waals surface area (Å²) in [6.07, 6.45) is 0.147. The molecule has 226 valence electrons. The van der Waals surface area contributed by atoms with Gasteiger partial charge in [0.05, 0.1) is 30.7 Å². The molecule has 1 aliphatic heterocycles. The molecular weight excluding hydrogens is 590 g/mol. The topological polar surface area (TPSA) is 130 Å². The van der Waals surface area contributed by atoms with E-state index < -0.39 is 33.2 Å². The van der Waals surface area contributed by atoms with Crippen LogP contribution in [0.25, 0.3) is 11.1 Å². The molecule has 0 aliphatic carbocycles. The molecule has 0 radical (unpaired) electrons. The minimum absolute atomic E-state index is 0.00562. The SMILES string of the molecule is COC(=O)c1ccc(NCC(=O)CN(C)C(=O)C2CC(SC(C)=O)CN2S(=O)(=O)c2ccc(-c3ccccc3)cc2)cc1. The third-order valence-corrected chi connectivity index (χ3v) is 9.88. The van der Waals surface area contributed by atoms with Gasteiger partial charge in [-0.3, -0.25) is 14.4 Å². The van der Waals surface area contributed by atoms with E-state index in [0.717, 1.165) is 27.2 Å². The lowest BCUT2D eigenvalue weighted by Crippen LogP contribution is -2.48. The van der Waals surface area contributed by atoms with Crippen LogP contribution in [0, 0.1) is 0 Å². The number of hydrogen-bond acceptors (Lipinski definition) is 9. The smallest absolute Gasteiger partial charge is 0.337 e. The number of sulfonamides is 1. The van der Waals surface area contributed by atoms with Crippen LogP contribution in [0.2, 0.25) is 0 Å². The minimum atomic E-state index is -4.09. The van der Waals surface area contributed by atoms with Crippen LogP contribution < -0.4 is 5.32 Å². The molecule has 12 heteroatoms. The van der Waals surface area contributed by atoms with Crippen molar-refractivity contribution in [3.05, 3.63) is 84.4 Å². The number of methoxy groups -OCH3 is 1. The maximum atomic E-state index is 13.8. The van der Waals surface area contributed by atoms with Crippen LogP contribution in [0.15, 0.2) is 83.8 Å². The Bertz CT molecular complexity index is 1580. The number of amides is 1. The molecule has 0 spiro atoms. The van der Waals surface area contributed by atoms with E-state index in [1.807, 2.05) is 30.3 Å². The number of rotatable bonds is 11. The first kappa shape index (κ1) is 31.9. The summed E-state index contributed by atoms with van der Waals surface area (Å²) in [7, 11) is -1.35. The van der Waals surface area contributed by atoms with Gasteiger partial charge >= 0.3 is 5.97 Å². The monoisotopic (exact) mass is 623 g/mol. The number of nitrogens with zero attached hydrogens (tertiary/aromatic N) is 2. The lowest BCUT2D eigenvalue weighted by atomic mass is 10.1. The zero-order chi connectivity index (χ0) is 31.1. The Morgan fingerprint density at radius 1 is 0.953 bits per heavy atom. The molecule has 1 aliphatic rings. The van der Waals surface area contributed by atoms with Gasteiger partial charge in [0.15, 0.2) is 10.9 Å². The van der Waals surface area contributed by atoms with Crippen molar-refractivity contribution in [2.75, 3.05) is 39.1 Å². The highest BCUT2D eigenvalue weighted by Crippen LogP contribution is 2.34. The van der Waals surface area contributed by atoms with Crippen LogP contribution in [-0.4, -0.2) is 85.5 Å². The summed E-state index contributed by atoms with van der Waals surface area (Å²) < 4.78 is 33.4. The molecule has 10 nitrogen and oxygen atoms in total. The molecule has 43 heavy (non-hydrogen) atoms. The number of Topliss-reactive ketones (excluding diaryl/α,β-unsaturated/α-hetero) is 1. The highest BCUT2D eigenvalue weighted by molar-refractivity contribution is 8.14. The van der Waals surface area contributed by atoms with Crippen LogP contribution in [-0.2, 0) is 29.1 Å². The van der Waals surface area contributed by atoms with E-state index in [9.17, 15) is 27.6 Å². The Hall–Kier alpha value is -4.00. The normalized spacial score (nSPS) is 16.8. The van der Waals surface area contributed by atoms with Crippen molar-refractivity contribution >= 4 is 50.2 Å². The van der Waals surface area contributed by atoms with Gasteiger partial charge in [-0.15, -0.1) is 0 Å². The van der Waals surface area contributed by atoms with Gasteiger partial charge < -0.3 is 15.0 Å². The van der Waals surface area contributed by atoms with E-state index in [1.165, 1.54) is 38.1 Å². The number of carbonyl (C=O) groups is 4. The molecule has 1 amide bonds. The Morgan fingerprint density at radius 2 is 1.58 bits per heavy atom. The quantitative estimate of drug-likeness (QED) is 0.318. The number of ether oxygens (including phenoxy) is 1. The number of benzene rings is 3. The zero-order valence-electron chi connectivity index (χ0n) is 24.1. The van der Waals surface area contributed by atoms with Crippen LogP contribution in [0.1, 0.15) is 23.7 Å². The molecule has 1 fully saturated rings. The summed E-state index contributed by atoms with van der Waals surface area (Å²) >= 11 is 1.01. The van der Waals surface area contributed by atoms with Crippen molar-refractivity contribution < 1.29 is 32.3 Å². The summed E-state index contributed by atoms with van der Waals surface area (Å²) in [5.74, 6) is -1.29. The second kappa shape index (κ2) is 14.0. The van der Waals surface area contributed by atoms with Crippen LogP contribution >= 0.6 is 11.8 Å². The Kier molecular flexibility index (Phi) is 10.4. The van der Waals surface area contributed by atoms with Crippen molar-refractivity contribution in [2.45, 2.75) is 29.5 Å². The molecule has 2 unspecified atom stereocenters. The van der Waals surface area contributed by atoms with Crippen molar-refractivity contribution in [1.29, 1.82) is 0 Å². The predicted octanol–water partition coefficient (Wildman–Crippen LogP) is 3.69. The molecular formula is C31H33N3O7S2. The molecule has 0 saturated carbocycles. The Balaban J connectivity index is 1.45. The van der Waals surface area contributed by atoms with Crippen molar-refractivity contribution in [3.63, 3.8) is 0 Å². The minimum Gasteiger partial charge on any atom is -0.465 e. The largest absolute Gasteiger partial charge is 0.465 e. The number of anilines is 1. The molecule has 3 aromatic rings. The lowest BCUT2D eigenvalue weighted by Gasteiger charge is -2.27. The van der Waals surface area contributed by atoms with Gasteiger partial charge in [-0.2, -0.15) is 4.31 Å². The van der Waals surface area contributed by atoms with Gasteiger partial charge in [0.2, 0.25) is 15.9 Å². The van der Waals surface area contributed by atoms with Gasteiger partial charge in [0.1, 0.15) is 6.04 Å². The summed E-state index contributed by atoms with van der Waals surface area (Å²) in [5.41, 5.74) is 2.77. The fourth-order valence-corrected chi connectivity index (χ4v) is 7.58. The molecule has 1 heterocycles. The van der Waals surface area contributed by atoms with Crippen LogP contribution in [0.5, 0.6) is 0 Å². The number of likely N-dealkylation sites (N-methyl/N-ethyl adjacent to an activating group) is 1. The third kappa shape index (κ3) is 7.89. The summed E-state index contributed by atoms with van der Waals surface area (Å²) in [5, 5.41) is 2.39. The van der Waals surface area contributed by atoms with Crippen molar-refractivity contribution in [2.24, 2.45) is 0 Å². The van der Waals surface area contributed by atoms with Crippen molar-refractivity contribution in [1.82, 2.24) is 9.21 Å². The van der Waals surface area contributed by atoms with E-state index in [-0.39, 0.29) is 41.8 Å². The number of thioether (sulfide) groups is 1. The number of esters is 1. The first-order chi connectivity index (χ1) is 20.5. The average Bonchev–Trinajstić information content (AvgIpc) is 3.44. The zero-order valence-corrected chi connectivity index (χ0v) is 25.7. The van der Waals surface area contributed by atoms with Crippen molar-refractivity contribution in [3.8, 4) is 11.1 Å². The first-order valence-electron chi connectivity index (χ1n) is 13.5. The van der Waals surface area contributed by atoms with E-state index >= 15 is 0 Å². The number of hydrogen-bond donors (Lipinski definition) is 1. The molecule has 4 rings (SSSR count). The van der Waals surface area contributed by atoms with Gasteiger partial charge in [-0.05, 0) is 53.9 Å². The molecule has 0 bridgehead atoms. The van der Waals surface area contributed by atoms with Gasteiger partial charge in [-0.1, -0.05) is 54.2 Å². The summed E-state index contributed by atoms with van der Waals surface area (Å²) in [4.78, 5) is 51.0. The van der Waals surface area contributed by atoms with E-state index in [2.05, 4.69) is 10.1 Å². The highest BCUT2D eigenvalue weighted by atomic mass is 32.2. The maximum absolute atomic E-state index is 13.8. The Morgan fingerprint density at radius 3 is 2.19 bits per heavy atom. The van der Waals surface area contributed by atoms with Crippen LogP contribution in [0.4, 0.5) is 5.69 Å². The maximum Gasteiger partial charge on any atom is 0.337 e. The standard InChI is InChI=1S/C31H33N3O7S2/c1-21(35)42-27-17-29(30(37)33(2)19-26(36)18-32-25-13-9-24(10-14-25)31(38)41-3)34(20-27)43(39,40)28-15-11-23(12-16-28)22-7-5-4-6-8-22/h4-16,27,29,32H,17-20H2,1-3H3. The molecule has 0 aromatic heterocycles. The number of carbonyl (C=O) groups excluding carboxylic acids is 4. The molecule has 2 atom stereocenters. The molecule has 1 N–H and O–H groups in total. The lowest BCUT2D eigenvalue weighted by molar-refractivity contribution is -0.136. The molecule has 3 aromatic carbocycles. The second-order valence-corrected chi connectivity index (χ2v) is 13.5. The van der Waals surface area contributed by atoms with Gasteiger partial charge in [0.25, 0.3) is 0 Å². The van der Waals surface area contributed by atoms with Crippen LogP contribution in [0.3, 0.4) is 0 Å². The fraction of sp³-hybridized carbons (Fsp3) is 0.290. The van der Waals surface area contributed by atoms with E-state index in [1.54, 1.807) is 36.4 Å². The van der Waals surface area contributed by atoms with E-state index in [4.69, 9.17) is 0 Å². The number of nitrogens with one attached hydrogen (secondary N) is 1. The first-order valence-corrected chi connectivity index (χ1v) is 15.8. The summed E-state index contributed by atoms with van der Waals surface area (Å²) in [6.45, 7) is 1.07.